The van der Waals surface area contributed by atoms with Crippen LogP contribution in [0.2, 0.25) is 0 Å². The van der Waals surface area contributed by atoms with Crippen LogP contribution >= 0.6 is 0 Å². The molecule has 0 aliphatic rings. The van der Waals surface area contributed by atoms with Gasteiger partial charge in [0.15, 0.2) is 0 Å². The van der Waals surface area contributed by atoms with Crippen molar-refractivity contribution in [3.8, 4) is 0 Å². The minimum absolute atomic E-state index is 0.0911. The molecule has 0 amide bonds. The van der Waals surface area contributed by atoms with Crippen LogP contribution in [0.15, 0.2) is 0 Å². The topological polar surface area (TPSA) is 69.4 Å². The van der Waals surface area contributed by atoms with Gasteiger partial charge in [-0.1, -0.05) is 77.0 Å². The van der Waals surface area contributed by atoms with Crippen LogP contribution in [0, 0.1) is 10.1 Å². The first-order valence-electron chi connectivity index (χ1n) is 9.85. The average molecular weight is 344 g/mol. The van der Waals surface area contributed by atoms with E-state index in [2.05, 4.69) is 4.74 Å². The van der Waals surface area contributed by atoms with E-state index in [4.69, 9.17) is 0 Å². The highest BCUT2D eigenvalue weighted by Gasteiger charge is 1.99. The molecule has 0 radical (unpaired) electrons. The molecule has 0 saturated heterocycles. The Morgan fingerprint density at radius 2 is 1.04 bits per heavy atom. The molecule has 5 nitrogen and oxygen atoms in total. The van der Waals surface area contributed by atoms with Gasteiger partial charge in [-0.2, -0.15) is 0 Å². The highest BCUT2D eigenvalue weighted by molar-refractivity contribution is 5.68. The minimum Gasteiger partial charge on any atom is -0.469 e. The van der Waals surface area contributed by atoms with Crippen molar-refractivity contribution in [1.82, 2.24) is 0 Å². The second-order valence-corrected chi connectivity index (χ2v) is 6.69. The van der Waals surface area contributed by atoms with E-state index in [0.29, 0.717) is 6.42 Å². The fourth-order valence-electron chi connectivity index (χ4n) is 2.91. The number of carbonyl (C=O) groups is 1. The predicted octanol–water partition coefficient (Wildman–Crippen LogP) is 5.68. The van der Waals surface area contributed by atoms with Crippen molar-refractivity contribution in [2.45, 2.75) is 103 Å². The summed E-state index contributed by atoms with van der Waals surface area (Å²) in [5.74, 6) is -0.0911. The summed E-state index contributed by atoms with van der Waals surface area (Å²) >= 11 is 0. The van der Waals surface area contributed by atoms with Crippen molar-refractivity contribution in [1.29, 1.82) is 0 Å². The highest BCUT2D eigenvalue weighted by Crippen LogP contribution is 2.13. The number of hydrogen-bond donors (Lipinski definition) is 0. The van der Waals surface area contributed by atoms with Crippen molar-refractivity contribution in [2.24, 2.45) is 0 Å². The monoisotopic (exact) mass is 343 g/mol. The summed E-state index contributed by atoms with van der Waals surface area (Å²) in [7, 11) is 1.45. The SMILES string of the molecule is COC(=O)CCCCCCCCCCCCCCCCC[N+](=O)[O-]. The highest BCUT2D eigenvalue weighted by atomic mass is 16.6. The Bertz CT molecular complexity index is 308. The van der Waals surface area contributed by atoms with Crippen LogP contribution in [-0.4, -0.2) is 24.5 Å². The van der Waals surface area contributed by atoms with Gasteiger partial charge in [0.05, 0.1) is 7.11 Å². The maximum Gasteiger partial charge on any atom is 0.305 e. The zero-order chi connectivity index (χ0) is 17.9. The molecular formula is C19H37NO4. The molecule has 0 heterocycles. The molecule has 5 heteroatoms. The zero-order valence-corrected chi connectivity index (χ0v) is 15.6. The van der Waals surface area contributed by atoms with Gasteiger partial charge in [-0.25, -0.2) is 0 Å². The Hall–Kier alpha value is -1.13. The van der Waals surface area contributed by atoms with Crippen LogP contribution in [0.25, 0.3) is 0 Å². The van der Waals surface area contributed by atoms with E-state index in [1.807, 2.05) is 0 Å². The Balaban J connectivity index is 3.03. The van der Waals surface area contributed by atoms with Crippen LogP contribution in [0.5, 0.6) is 0 Å². The van der Waals surface area contributed by atoms with Crippen LogP contribution in [-0.2, 0) is 9.53 Å². The second kappa shape index (κ2) is 18.2. The van der Waals surface area contributed by atoms with Gasteiger partial charge >= 0.3 is 5.97 Å². The van der Waals surface area contributed by atoms with Crippen molar-refractivity contribution >= 4 is 5.97 Å². The van der Waals surface area contributed by atoms with Gasteiger partial charge in [0.25, 0.3) is 0 Å². The van der Waals surface area contributed by atoms with Crippen molar-refractivity contribution in [3.63, 3.8) is 0 Å². The number of rotatable bonds is 18. The van der Waals surface area contributed by atoms with Gasteiger partial charge < -0.3 is 4.74 Å². The van der Waals surface area contributed by atoms with Gasteiger partial charge in [-0.05, 0) is 12.8 Å². The first-order valence-corrected chi connectivity index (χ1v) is 9.85. The summed E-state index contributed by atoms with van der Waals surface area (Å²) in [5, 5.41) is 10.2. The number of carbonyl (C=O) groups excluding carboxylic acids is 1. The molecule has 0 saturated carbocycles. The van der Waals surface area contributed by atoms with E-state index >= 15 is 0 Å². The van der Waals surface area contributed by atoms with E-state index < -0.39 is 0 Å². The minimum atomic E-state index is -0.220. The van der Waals surface area contributed by atoms with Gasteiger partial charge in [0.1, 0.15) is 0 Å². The standard InChI is InChI=1S/C19H37NO4/c1-24-19(21)17-15-13-11-9-7-5-3-2-4-6-8-10-12-14-16-18-20(22)23/h2-18H2,1H3. The summed E-state index contributed by atoms with van der Waals surface area (Å²) in [6, 6.07) is 0. The lowest BCUT2D eigenvalue weighted by Crippen LogP contribution is -1.99. The molecule has 142 valence electrons. The van der Waals surface area contributed by atoms with E-state index in [1.54, 1.807) is 0 Å². The average Bonchev–Trinajstić information content (AvgIpc) is 2.57. The number of methoxy groups -OCH3 is 1. The lowest BCUT2D eigenvalue weighted by molar-refractivity contribution is -0.480. The molecule has 0 N–H and O–H groups in total. The second-order valence-electron chi connectivity index (χ2n) is 6.69. The molecule has 0 aromatic carbocycles. The molecule has 0 aromatic heterocycles. The Morgan fingerprint density at radius 3 is 1.38 bits per heavy atom. The Kier molecular flexibility index (Phi) is 17.4. The van der Waals surface area contributed by atoms with E-state index in [1.165, 1.54) is 71.3 Å². The molecule has 24 heavy (non-hydrogen) atoms. The van der Waals surface area contributed by atoms with Gasteiger partial charge in [-0.3, -0.25) is 14.9 Å². The third-order valence-electron chi connectivity index (χ3n) is 4.45. The number of nitro groups is 1. The Morgan fingerprint density at radius 1 is 0.708 bits per heavy atom. The number of ether oxygens (including phenoxy) is 1. The first kappa shape index (κ1) is 22.9. The van der Waals surface area contributed by atoms with Crippen LogP contribution in [0.1, 0.15) is 103 Å². The maximum atomic E-state index is 10.9. The van der Waals surface area contributed by atoms with Crippen LogP contribution in [0.4, 0.5) is 0 Å². The lowest BCUT2D eigenvalue weighted by Gasteiger charge is -2.03. The molecule has 0 aliphatic heterocycles. The predicted molar refractivity (Wildman–Crippen MR) is 97.7 cm³/mol. The summed E-state index contributed by atoms with van der Waals surface area (Å²) < 4.78 is 4.62. The molecule has 0 aliphatic carbocycles. The molecule has 0 rings (SSSR count). The fourth-order valence-corrected chi connectivity index (χ4v) is 2.91. The molecule has 0 unspecified atom stereocenters. The van der Waals surface area contributed by atoms with E-state index in [-0.39, 0.29) is 17.4 Å². The van der Waals surface area contributed by atoms with Gasteiger partial charge in [0, 0.05) is 17.8 Å². The van der Waals surface area contributed by atoms with Gasteiger partial charge in [-0.15, -0.1) is 0 Å². The zero-order valence-electron chi connectivity index (χ0n) is 15.6. The number of nitrogens with zero attached hydrogens (tertiary/aromatic N) is 1. The molecule has 0 bridgehead atoms. The quantitative estimate of drug-likeness (QED) is 0.139. The molecule has 0 spiro atoms. The molecule has 0 aromatic rings. The third kappa shape index (κ3) is 18.9. The third-order valence-corrected chi connectivity index (χ3v) is 4.45. The molecular weight excluding hydrogens is 306 g/mol. The van der Waals surface area contributed by atoms with Crippen molar-refractivity contribution in [3.05, 3.63) is 10.1 Å². The van der Waals surface area contributed by atoms with Crippen molar-refractivity contribution < 1.29 is 14.5 Å². The summed E-state index contributed by atoms with van der Waals surface area (Å²) in [5.41, 5.74) is 0. The first-order chi connectivity index (χ1) is 11.7. The van der Waals surface area contributed by atoms with E-state index in [9.17, 15) is 14.9 Å². The number of esters is 1. The van der Waals surface area contributed by atoms with E-state index in [0.717, 1.165) is 32.1 Å². The fraction of sp³-hybridized carbons (Fsp3) is 0.947. The smallest absolute Gasteiger partial charge is 0.305 e. The van der Waals surface area contributed by atoms with Crippen LogP contribution < -0.4 is 0 Å². The molecule has 0 fully saturated rings. The normalized spacial score (nSPS) is 10.7. The number of unbranched alkanes of at least 4 members (excludes halogenated alkanes) is 14. The lowest BCUT2D eigenvalue weighted by atomic mass is 10.0. The van der Waals surface area contributed by atoms with Crippen LogP contribution in [0.3, 0.4) is 0 Å². The largest absolute Gasteiger partial charge is 0.469 e. The maximum absolute atomic E-state index is 10.9. The molecule has 0 atom stereocenters. The summed E-state index contributed by atoms with van der Waals surface area (Å²) in [6.45, 7) is 0.130. The number of hydrogen-bond acceptors (Lipinski definition) is 4. The van der Waals surface area contributed by atoms with Gasteiger partial charge in [0.2, 0.25) is 6.54 Å². The summed E-state index contributed by atoms with van der Waals surface area (Å²) in [6.07, 6.45) is 18.5. The Labute approximate surface area is 147 Å². The van der Waals surface area contributed by atoms with Crippen molar-refractivity contribution in [2.75, 3.05) is 13.7 Å². The summed E-state index contributed by atoms with van der Waals surface area (Å²) in [4.78, 5) is 20.9.